The summed E-state index contributed by atoms with van der Waals surface area (Å²) in [5.41, 5.74) is 3.38. The third kappa shape index (κ3) is 9.11. The number of nitrogens with zero attached hydrogens (tertiary/aromatic N) is 1. The van der Waals surface area contributed by atoms with Crippen LogP contribution in [0.15, 0.2) is 48.5 Å². The Morgan fingerprint density at radius 1 is 0.941 bits per heavy atom. The molecule has 2 saturated heterocycles. The number of hydrogen-bond acceptors (Lipinski definition) is 14. The van der Waals surface area contributed by atoms with E-state index in [1.807, 2.05) is 0 Å². The zero-order valence-electron chi connectivity index (χ0n) is 26.8. The van der Waals surface area contributed by atoms with Crippen molar-refractivity contribution >= 4 is 65.7 Å². The molecule has 0 aliphatic carbocycles. The smallest absolute Gasteiger partial charge is 0.335 e. The number of amides is 3. The van der Waals surface area contributed by atoms with Gasteiger partial charge in [-0.2, -0.15) is 0 Å². The van der Waals surface area contributed by atoms with E-state index in [2.05, 4.69) is 10.6 Å². The molecule has 1 radical (unpaired) electrons. The van der Waals surface area contributed by atoms with Crippen molar-refractivity contribution < 1.29 is 78.7 Å². The van der Waals surface area contributed by atoms with Crippen LogP contribution in [-0.2, 0) is 33.5 Å². The molecule has 2 aliphatic heterocycles. The first-order valence-corrected chi connectivity index (χ1v) is 14.8. The number of carbonyl (C=O) groups excluding carboxylic acids is 3. The predicted octanol–water partition coefficient (Wildman–Crippen LogP) is -3.98. The number of hydrogen-bond donors (Lipinski definition) is 10. The van der Waals surface area contributed by atoms with Gasteiger partial charge < -0.3 is 71.2 Å². The van der Waals surface area contributed by atoms with Crippen LogP contribution in [0.25, 0.3) is 0 Å². The molecule has 2 aromatic rings. The van der Waals surface area contributed by atoms with Crippen LogP contribution < -0.4 is 25.8 Å². The maximum absolute atomic E-state index is 13.4. The summed E-state index contributed by atoms with van der Waals surface area (Å²) >= 11 is 0. The van der Waals surface area contributed by atoms with Crippen LogP contribution in [0.1, 0.15) is 29.7 Å². The molecule has 2 fully saturated rings. The van der Waals surface area contributed by atoms with E-state index in [1.54, 1.807) is 0 Å². The number of β-lactam (4-membered cyclic amide) rings is 1. The fourth-order valence-electron chi connectivity index (χ4n) is 5.17. The van der Waals surface area contributed by atoms with Gasteiger partial charge in [-0.15, -0.1) is 0 Å². The molecule has 2 aliphatic rings. The quantitative estimate of drug-likeness (QED) is 0.0341. The molecule has 0 aromatic heterocycles. The first-order chi connectivity index (χ1) is 23.6. The first kappa shape index (κ1) is 41.0. The van der Waals surface area contributed by atoms with Crippen molar-refractivity contribution in [2.45, 2.75) is 61.0 Å². The molecule has 51 heavy (non-hydrogen) atoms. The second-order valence-electron chi connectivity index (χ2n) is 11.3. The minimum Gasteiger partial charge on any atom is -0.494 e. The van der Waals surface area contributed by atoms with E-state index in [1.165, 1.54) is 48.5 Å². The largest absolute Gasteiger partial charge is 0.494 e. The van der Waals surface area contributed by atoms with Gasteiger partial charge in [-0.1, -0.05) is 24.3 Å². The average Bonchev–Trinajstić information content (AvgIpc) is 3.08. The van der Waals surface area contributed by atoms with Crippen LogP contribution in [0.4, 0.5) is 0 Å². The van der Waals surface area contributed by atoms with E-state index in [4.69, 9.17) is 25.1 Å². The third-order valence-corrected chi connectivity index (χ3v) is 7.94. The fraction of sp³-hybridized carbons (Fsp3) is 0.400. The monoisotopic (exact) mass is 729 g/mol. The van der Waals surface area contributed by atoms with Crippen LogP contribution >= 0.6 is 0 Å². The standard InChI is InChI=1S/C30H34N4O16.Na/c31-17(25(41)42)9-10-48-15-5-3-14(4-6-15)19(36)24(40)33-30(32-12-35)11-34(29(30)47)18(26(43)44)13-1-7-16(8-2-13)49-28-22(39)20(37)21(38)23(50-28)27(45)46;/h1-8,12,17-23,28,36-39H,9-11,31H2,(H,32,35)(H,33,40)(H,41,42)(H,43,44)(H,45,46);. The molecule has 271 valence electrons. The first-order valence-electron chi connectivity index (χ1n) is 14.8. The van der Waals surface area contributed by atoms with Crippen molar-refractivity contribution in [3.05, 3.63) is 59.7 Å². The Labute approximate surface area is 310 Å². The molecule has 9 atom stereocenters. The van der Waals surface area contributed by atoms with Gasteiger partial charge >= 0.3 is 17.9 Å². The van der Waals surface area contributed by atoms with Gasteiger partial charge in [0.15, 0.2) is 18.2 Å². The average molecular weight is 730 g/mol. The van der Waals surface area contributed by atoms with E-state index >= 15 is 0 Å². The maximum Gasteiger partial charge on any atom is 0.335 e. The number of aliphatic hydroxyl groups excluding tert-OH is 4. The van der Waals surface area contributed by atoms with Gasteiger partial charge in [-0.25, -0.2) is 9.59 Å². The number of ether oxygens (including phenoxy) is 3. The Morgan fingerprint density at radius 3 is 2.06 bits per heavy atom. The number of nitrogens with one attached hydrogen (secondary N) is 2. The van der Waals surface area contributed by atoms with Crippen LogP contribution in [0.5, 0.6) is 11.5 Å². The summed E-state index contributed by atoms with van der Waals surface area (Å²) < 4.78 is 15.9. The van der Waals surface area contributed by atoms with Crippen LogP contribution in [0.3, 0.4) is 0 Å². The number of aliphatic hydroxyl groups is 4. The predicted molar refractivity (Wildman–Crippen MR) is 166 cm³/mol. The molecule has 2 aromatic carbocycles. The van der Waals surface area contributed by atoms with Gasteiger partial charge in [0, 0.05) is 36.0 Å². The molecule has 2 heterocycles. The second kappa shape index (κ2) is 17.2. The summed E-state index contributed by atoms with van der Waals surface area (Å²) in [7, 11) is 0. The normalized spacial score (nSPS) is 25.9. The molecule has 0 saturated carbocycles. The van der Waals surface area contributed by atoms with E-state index in [0.717, 1.165) is 4.90 Å². The fourth-order valence-corrected chi connectivity index (χ4v) is 5.17. The van der Waals surface area contributed by atoms with Crippen molar-refractivity contribution in [1.29, 1.82) is 0 Å². The van der Waals surface area contributed by atoms with Crippen molar-refractivity contribution in [2.24, 2.45) is 5.73 Å². The Balaban J connectivity index is 0.00000702. The zero-order valence-corrected chi connectivity index (χ0v) is 28.8. The number of carbonyl (C=O) groups is 6. The molecule has 0 bridgehead atoms. The Hall–Kier alpha value is -4.38. The maximum atomic E-state index is 13.4. The van der Waals surface area contributed by atoms with E-state index in [-0.39, 0.29) is 71.6 Å². The van der Waals surface area contributed by atoms with E-state index < -0.39 is 90.8 Å². The molecule has 20 nitrogen and oxygen atoms in total. The van der Waals surface area contributed by atoms with Gasteiger partial charge in [0.2, 0.25) is 18.4 Å². The van der Waals surface area contributed by atoms with Gasteiger partial charge in [-0.3, -0.25) is 19.2 Å². The van der Waals surface area contributed by atoms with E-state index in [0.29, 0.717) is 0 Å². The van der Waals surface area contributed by atoms with Crippen LogP contribution in [0, 0.1) is 0 Å². The molecule has 3 amide bonds. The summed E-state index contributed by atoms with van der Waals surface area (Å²) in [5, 5.41) is 73.1. The van der Waals surface area contributed by atoms with Crippen LogP contribution in [0.2, 0.25) is 0 Å². The molecule has 4 rings (SSSR count). The second-order valence-corrected chi connectivity index (χ2v) is 11.3. The number of rotatable bonds is 16. The third-order valence-electron chi connectivity index (χ3n) is 7.94. The molecule has 9 unspecified atom stereocenters. The number of benzene rings is 2. The SMILES string of the molecule is NC(CCOc1ccc(C(O)C(=O)NC2(NC=O)CN(C(C(=O)O)c3ccc(OC4OC(C(=O)O)C(O)C(O)C4O)cc3)C2=O)cc1)C(=O)O.[Na]. The Morgan fingerprint density at radius 2 is 1.53 bits per heavy atom. The van der Waals surface area contributed by atoms with Gasteiger partial charge in [0.1, 0.15) is 35.9 Å². The number of nitrogens with two attached hydrogens (primary N) is 1. The number of carboxylic acids is 3. The molecule has 21 heteroatoms. The van der Waals surface area contributed by atoms with Gasteiger partial charge in [0.25, 0.3) is 11.8 Å². The molecular formula is C30H34N4NaO16. The minimum atomic E-state index is -2.11. The minimum absolute atomic E-state index is 0. The number of likely N-dealkylation sites (tertiary alicyclic amines) is 1. The number of carboxylic acid groups (broad SMARTS) is 3. The van der Waals surface area contributed by atoms with Gasteiger partial charge in [-0.05, 0) is 35.4 Å². The molecule has 0 spiro atoms. The van der Waals surface area contributed by atoms with Crippen molar-refractivity contribution in [3.8, 4) is 11.5 Å². The van der Waals surface area contributed by atoms with E-state index in [9.17, 15) is 59.4 Å². The molecule has 11 N–H and O–H groups in total. The Bertz CT molecular complexity index is 1600. The summed E-state index contributed by atoms with van der Waals surface area (Å²) in [5.74, 6) is -6.26. The van der Waals surface area contributed by atoms with Crippen molar-refractivity contribution in [3.63, 3.8) is 0 Å². The Kier molecular flexibility index (Phi) is 13.9. The van der Waals surface area contributed by atoms with Crippen LogP contribution in [-0.4, -0.2) is 162 Å². The summed E-state index contributed by atoms with van der Waals surface area (Å²) in [4.78, 5) is 73.0. The number of aliphatic carboxylic acids is 3. The zero-order chi connectivity index (χ0) is 36.9. The molecular weight excluding hydrogens is 695 g/mol. The topological polar surface area (TPSA) is 325 Å². The van der Waals surface area contributed by atoms with Crippen molar-refractivity contribution in [2.75, 3.05) is 13.2 Å². The summed E-state index contributed by atoms with van der Waals surface area (Å²) in [6, 6.07) is 7.53. The summed E-state index contributed by atoms with van der Waals surface area (Å²) in [6.07, 6.45) is -11.1. The summed E-state index contributed by atoms with van der Waals surface area (Å²) in [6.45, 7) is -0.558. The van der Waals surface area contributed by atoms with Crippen molar-refractivity contribution in [1.82, 2.24) is 15.5 Å². The van der Waals surface area contributed by atoms with Gasteiger partial charge in [0.05, 0.1) is 13.2 Å².